The van der Waals surface area contributed by atoms with Crippen LogP contribution in [0.5, 0.6) is 0 Å². The summed E-state index contributed by atoms with van der Waals surface area (Å²) in [6, 6.07) is 9.52. The normalized spacial score (nSPS) is 9.79. The first kappa shape index (κ1) is 10.7. The van der Waals surface area contributed by atoms with E-state index in [1.54, 1.807) is 0 Å². The van der Waals surface area contributed by atoms with Crippen LogP contribution in [-0.4, -0.2) is 29.7 Å². The molecular formula is C10H13NO3. The number of carbonyl (C=O) groups is 1. The second-order valence-electron chi connectivity index (χ2n) is 2.73. The van der Waals surface area contributed by atoms with Crippen molar-refractivity contribution in [2.24, 2.45) is 0 Å². The van der Waals surface area contributed by atoms with Crippen molar-refractivity contribution < 1.29 is 14.7 Å². The number of aliphatic hydroxyl groups is 1. The zero-order chi connectivity index (χ0) is 10.2. The highest BCUT2D eigenvalue weighted by atomic mass is 16.7. The van der Waals surface area contributed by atoms with E-state index in [0.29, 0.717) is 13.0 Å². The molecule has 0 aromatic heterocycles. The number of aliphatic hydroxyl groups excluding tert-OH is 1. The summed E-state index contributed by atoms with van der Waals surface area (Å²) >= 11 is 0. The smallest absolute Gasteiger partial charge is 0.233 e. The predicted molar refractivity (Wildman–Crippen MR) is 51.1 cm³/mol. The molecule has 0 atom stereocenters. The third-order valence-electron chi connectivity index (χ3n) is 1.68. The van der Waals surface area contributed by atoms with Crippen molar-refractivity contribution in [3.05, 3.63) is 35.9 Å². The molecule has 0 aliphatic rings. The maximum atomic E-state index is 10.4. The first-order chi connectivity index (χ1) is 6.86. The van der Waals surface area contributed by atoms with Gasteiger partial charge in [0.25, 0.3) is 0 Å². The third-order valence-corrected chi connectivity index (χ3v) is 1.68. The molecule has 4 heteroatoms. The van der Waals surface area contributed by atoms with Crippen LogP contribution >= 0.6 is 0 Å². The van der Waals surface area contributed by atoms with Gasteiger partial charge in [-0.15, -0.1) is 0 Å². The van der Waals surface area contributed by atoms with Gasteiger partial charge in [0, 0.05) is 0 Å². The van der Waals surface area contributed by atoms with E-state index in [2.05, 4.69) is 0 Å². The van der Waals surface area contributed by atoms with Crippen LogP contribution in [0, 0.1) is 0 Å². The lowest BCUT2D eigenvalue weighted by Crippen LogP contribution is -2.25. The first-order valence-electron chi connectivity index (χ1n) is 4.36. The number of hydrogen-bond acceptors (Lipinski definition) is 3. The molecule has 4 nitrogen and oxygen atoms in total. The van der Waals surface area contributed by atoms with Gasteiger partial charge in [-0.05, 0) is 5.56 Å². The lowest BCUT2D eigenvalue weighted by Gasteiger charge is -2.15. The Hall–Kier alpha value is -1.39. The zero-order valence-electron chi connectivity index (χ0n) is 7.80. The molecule has 1 aromatic carbocycles. The number of hydrogen-bond donors (Lipinski definition) is 1. The highest BCUT2D eigenvalue weighted by Crippen LogP contribution is 2.01. The molecule has 0 fully saturated rings. The van der Waals surface area contributed by atoms with Crippen molar-refractivity contribution >= 4 is 6.41 Å². The van der Waals surface area contributed by atoms with Gasteiger partial charge in [0.2, 0.25) is 6.41 Å². The fourth-order valence-corrected chi connectivity index (χ4v) is 0.978. The summed E-state index contributed by atoms with van der Waals surface area (Å²) in [5.74, 6) is 0. The molecule has 14 heavy (non-hydrogen) atoms. The van der Waals surface area contributed by atoms with Gasteiger partial charge in [-0.25, -0.2) is 5.06 Å². The van der Waals surface area contributed by atoms with Crippen molar-refractivity contribution in [1.82, 2.24) is 5.06 Å². The quantitative estimate of drug-likeness (QED) is 0.533. The standard InChI is InChI=1S/C10H13NO3/c12-7-6-11(9-13)14-8-10-4-2-1-3-5-10/h1-5,9,12H,6-8H2. The summed E-state index contributed by atoms with van der Waals surface area (Å²) in [6.07, 6.45) is 0.555. The van der Waals surface area contributed by atoms with Crippen molar-refractivity contribution in [2.45, 2.75) is 6.61 Å². The molecule has 0 heterocycles. The molecule has 0 radical (unpaired) electrons. The van der Waals surface area contributed by atoms with E-state index in [-0.39, 0.29) is 13.2 Å². The average Bonchev–Trinajstić information content (AvgIpc) is 2.25. The molecule has 0 aliphatic carbocycles. The number of rotatable bonds is 6. The fraction of sp³-hybridized carbons (Fsp3) is 0.300. The van der Waals surface area contributed by atoms with Gasteiger partial charge in [0.15, 0.2) is 0 Å². The van der Waals surface area contributed by atoms with E-state index in [4.69, 9.17) is 9.94 Å². The molecule has 0 saturated heterocycles. The molecule has 0 bridgehead atoms. The van der Waals surface area contributed by atoms with E-state index in [1.807, 2.05) is 30.3 Å². The van der Waals surface area contributed by atoms with Crippen LogP contribution < -0.4 is 0 Å². The van der Waals surface area contributed by atoms with Crippen LogP contribution in [-0.2, 0) is 16.2 Å². The molecule has 0 saturated carbocycles. The SMILES string of the molecule is O=CN(CCO)OCc1ccccc1. The van der Waals surface area contributed by atoms with Crippen LogP contribution in [0.4, 0.5) is 0 Å². The van der Waals surface area contributed by atoms with Crippen LogP contribution in [0.3, 0.4) is 0 Å². The second-order valence-corrected chi connectivity index (χ2v) is 2.73. The Morgan fingerprint density at radius 3 is 2.64 bits per heavy atom. The van der Waals surface area contributed by atoms with Gasteiger partial charge < -0.3 is 5.11 Å². The van der Waals surface area contributed by atoms with Crippen molar-refractivity contribution in [3.63, 3.8) is 0 Å². The monoisotopic (exact) mass is 195 g/mol. The predicted octanol–water partition coefficient (Wildman–Crippen LogP) is 0.569. The van der Waals surface area contributed by atoms with Crippen LogP contribution in [0.25, 0.3) is 0 Å². The Labute approximate surface area is 82.7 Å². The molecule has 0 unspecified atom stereocenters. The summed E-state index contributed by atoms with van der Waals surface area (Å²) in [7, 11) is 0. The second kappa shape index (κ2) is 6.12. The Morgan fingerprint density at radius 1 is 1.36 bits per heavy atom. The lowest BCUT2D eigenvalue weighted by molar-refractivity contribution is -0.179. The van der Waals surface area contributed by atoms with Gasteiger partial charge in [-0.2, -0.15) is 0 Å². The summed E-state index contributed by atoms with van der Waals surface area (Å²) in [5.41, 5.74) is 0.984. The lowest BCUT2D eigenvalue weighted by atomic mass is 10.2. The highest BCUT2D eigenvalue weighted by molar-refractivity contribution is 5.44. The molecule has 0 aliphatic heterocycles. The fourth-order valence-electron chi connectivity index (χ4n) is 0.978. The number of amides is 1. The molecule has 0 spiro atoms. The highest BCUT2D eigenvalue weighted by Gasteiger charge is 2.00. The van der Waals surface area contributed by atoms with Gasteiger partial charge in [0.1, 0.15) is 6.61 Å². The molecule has 1 rings (SSSR count). The van der Waals surface area contributed by atoms with Crippen LogP contribution in [0.1, 0.15) is 5.56 Å². The Morgan fingerprint density at radius 2 is 2.07 bits per heavy atom. The minimum absolute atomic E-state index is 0.104. The summed E-state index contributed by atoms with van der Waals surface area (Å²) in [4.78, 5) is 15.5. The summed E-state index contributed by atoms with van der Waals surface area (Å²) in [5, 5.41) is 9.66. The zero-order valence-corrected chi connectivity index (χ0v) is 7.80. The number of nitrogens with zero attached hydrogens (tertiary/aromatic N) is 1. The van der Waals surface area contributed by atoms with Gasteiger partial charge >= 0.3 is 0 Å². The first-order valence-corrected chi connectivity index (χ1v) is 4.36. The van der Waals surface area contributed by atoms with E-state index < -0.39 is 0 Å². The maximum absolute atomic E-state index is 10.4. The Bertz CT molecular complexity index is 263. The van der Waals surface area contributed by atoms with Crippen LogP contribution in [0.2, 0.25) is 0 Å². The van der Waals surface area contributed by atoms with Gasteiger partial charge in [-0.1, -0.05) is 30.3 Å². The Balaban J connectivity index is 2.35. The molecule has 1 N–H and O–H groups in total. The number of benzene rings is 1. The van der Waals surface area contributed by atoms with E-state index in [1.165, 1.54) is 0 Å². The van der Waals surface area contributed by atoms with Crippen LogP contribution in [0.15, 0.2) is 30.3 Å². The molecular weight excluding hydrogens is 182 g/mol. The minimum atomic E-state index is -0.104. The number of hydroxylamine groups is 2. The van der Waals surface area contributed by atoms with Crippen molar-refractivity contribution in [2.75, 3.05) is 13.2 Å². The minimum Gasteiger partial charge on any atom is -0.394 e. The summed E-state index contributed by atoms with van der Waals surface area (Å²) in [6.45, 7) is 0.420. The Kier molecular flexibility index (Phi) is 4.68. The molecule has 76 valence electrons. The topological polar surface area (TPSA) is 49.8 Å². The molecule has 1 aromatic rings. The largest absolute Gasteiger partial charge is 0.394 e. The van der Waals surface area contributed by atoms with E-state index in [9.17, 15) is 4.79 Å². The maximum Gasteiger partial charge on any atom is 0.233 e. The van der Waals surface area contributed by atoms with Gasteiger partial charge in [-0.3, -0.25) is 9.63 Å². The third kappa shape index (κ3) is 3.55. The van der Waals surface area contributed by atoms with E-state index >= 15 is 0 Å². The van der Waals surface area contributed by atoms with Gasteiger partial charge in [0.05, 0.1) is 13.2 Å². The molecule has 1 amide bonds. The van der Waals surface area contributed by atoms with Crippen molar-refractivity contribution in [1.29, 1.82) is 0 Å². The van der Waals surface area contributed by atoms with E-state index in [0.717, 1.165) is 10.6 Å². The number of carbonyl (C=O) groups excluding carboxylic acids is 1. The summed E-state index contributed by atoms with van der Waals surface area (Å²) < 4.78 is 0. The van der Waals surface area contributed by atoms with Crippen molar-refractivity contribution in [3.8, 4) is 0 Å². The average molecular weight is 195 g/mol.